The molecule has 0 saturated heterocycles. The number of hydrogen-bond acceptors (Lipinski definition) is 3. The first-order chi connectivity index (χ1) is 8.24. The van der Waals surface area contributed by atoms with Gasteiger partial charge in [-0.05, 0) is 32.0 Å². The van der Waals surface area contributed by atoms with Crippen molar-refractivity contribution < 1.29 is 9.59 Å². The largest absolute Gasteiger partial charge is 0.398 e. The summed E-state index contributed by atoms with van der Waals surface area (Å²) in [6, 6.07) is 5.01. The van der Waals surface area contributed by atoms with Crippen LogP contribution in [-0.4, -0.2) is 18.4 Å². The zero-order valence-electron chi connectivity index (χ0n) is 10.3. The Morgan fingerprint density at radius 1 is 1.39 bits per heavy atom. The van der Waals surface area contributed by atoms with Gasteiger partial charge in [0.15, 0.2) is 0 Å². The Morgan fingerprint density at radius 3 is 2.56 bits per heavy atom. The van der Waals surface area contributed by atoms with Crippen molar-refractivity contribution in [1.29, 1.82) is 0 Å². The van der Waals surface area contributed by atoms with Crippen LogP contribution in [0, 0.1) is 5.41 Å². The number of nitrogens with two attached hydrogens (primary N) is 2. The smallest absolute Gasteiger partial charge is 0.253 e. The molecule has 2 amide bonds. The maximum absolute atomic E-state index is 11.9. The lowest BCUT2D eigenvalue weighted by molar-refractivity contribution is -0.125. The number of carbonyl (C=O) groups excluding carboxylic acids is 2. The van der Waals surface area contributed by atoms with Gasteiger partial charge in [0.1, 0.15) is 0 Å². The number of benzene rings is 1. The second-order valence-electron chi connectivity index (χ2n) is 4.66. The summed E-state index contributed by atoms with van der Waals surface area (Å²) >= 11 is 3.27. The number of hydrogen-bond donors (Lipinski definition) is 3. The molecular formula is C12H16BrN3O2. The fraction of sp³-hybridized carbons (Fsp3) is 0.333. The molecule has 1 aromatic carbocycles. The van der Waals surface area contributed by atoms with Gasteiger partial charge in [0, 0.05) is 16.7 Å². The molecule has 0 saturated carbocycles. The SMILES string of the molecule is CC(C)(CNC(=O)c1cc(Br)ccc1N)C(N)=O. The zero-order valence-corrected chi connectivity index (χ0v) is 11.9. The van der Waals surface area contributed by atoms with E-state index in [1.165, 1.54) is 0 Å². The molecular weight excluding hydrogens is 298 g/mol. The number of rotatable bonds is 4. The predicted octanol–water partition coefficient (Wildman–Crippen LogP) is 1.27. The molecule has 0 heterocycles. The van der Waals surface area contributed by atoms with Crippen molar-refractivity contribution >= 4 is 33.4 Å². The van der Waals surface area contributed by atoms with Crippen LogP contribution in [0.5, 0.6) is 0 Å². The van der Waals surface area contributed by atoms with Crippen LogP contribution in [0.25, 0.3) is 0 Å². The molecule has 98 valence electrons. The van der Waals surface area contributed by atoms with E-state index in [0.29, 0.717) is 11.3 Å². The molecule has 0 aromatic heterocycles. The fourth-order valence-corrected chi connectivity index (χ4v) is 1.57. The minimum Gasteiger partial charge on any atom is -0.398 e. The standard InChI is InChI=1S/C12H16BrN3O2/c1-12(2,11(15)18)6-16-10(17)8-5-7(13)3-4-9(8)14/h3-5H,6,14H2,1-2H3,(H2,15,18)(H,16,17). The fourth-order valence-electron chi connectivity index (χ4n) is 1.21. The van der Waals surface area contributed by atoms with Gasteiger partial charge in [-0.15, -0.1) is 0 Å². The summed E-state index contributed by atoms with van der Waals surface area (Å²) in [5, 5.41) is 2.65. The molecule has 5 nitrogen and oxygen atoms in total. The highest BCUT2D eigenvalue weighted by Crippen LogP contribution is 2.19. The molecule has 0 aliphatic carbocycles. The lowest BCUT2D eigenvalue weighted by atomic mass is 9.92. The van der Waals surface area contributed by atoms with Gasteiger partial charge in [0.05, 0.1) is 11.0 Å². The second-order valence-corrected chi connectivity index (χ2v) is 5.58. The first-order valence-electron chi connectivity index (χ1n) is 5.37. The van der Waals surface area contributed by atoms with E-state index < -0.39 is 11.3 Å². The van der Waals surface area contributed by atoms with Gasteiger partial charge in [-0.2, -0.15) is 0 Å². The second kappa shape index (κ2) is 5.39. The minimum atomic E-state index is -0.795. The molecule has 6 heteroatoms. The highest BCUT2D eigenvalue weighted by molar-refractivity contribution is 9.10. The number of carbonyl (C=O) groups is 2. The minimum absolute atomic E-state index is 0.160. The summed E-state index contributed by atoms with van der Waals surface area (Å²) in [5.74, 6) is -0.798. The number of amides is 2. The monoisotopic (exact) mass is 313 g/mol. The third-order valence-electron chi connectivity index (χ3n) is 2.62. The van der Waals surface area contributed by atoms with Gasteiger partial charge in [-0.25, -0.2) is 0 Å². The Hall–Kier alpha value is -1.56. The summed E-state index contributed by atoms with van der Waals surface area (Å²) in [7, 11) is 0. The van der Waals surface area contributed by atoms with Crippen LogP contribution < -0.4 is 16.8 Å². The van der Waals surface area contributed by atoms with E-state index in [9.17, 15) is 9.59 Å². The first kappa shape index (κ1) is 14.5. The van der Waals surface area contributed by atoms with Crippen LogP contribution in [0.3, 0.4) is 0 Å². The van der Waals surface area contributed by atoms with Gasteiger partial charge in [-0.3, -0.25) is 9.59 Å². The molecule has 0 unspecified atom stereocenters. The van der Waals surface area contributed by atoms with Gasteiger partial charge in [-0.1, -0.05) is 15.9 Å². The van der Waals surface area contributed by atoms with Crippen LogP contribution in [0.15, 0.2) is 22.7 Å². The molecule has 0 bridgehead atoms. The molecule has 0 aliphatic rings. The molecule has 0 atom stereocenters. The van der Waals surface area contributed by atoms with E-state index in [1.807, 2.05) is 0 Å². The summed E-state index contributed by atoms with van der Waals surface area (Å²) in [6.45, 7) is 3.49. The lowest BCUT2D eigenvalue weighted by Crippen LogP contribution is -2.42. The van der Waals surface area contributed by atoms with Gasteiger partial charge >= 0.3 is 0 Å². The Labute approximate surface area is 114 Å². The Balaban J connectivity index is 2.78. The molecule has 0 spiro atoms. The maximum atomic E-state index is 11.9. The summed E-state index contributed by atoms with van der Waals surface area (Å²) in [6.07, 6.45) is 0. The highest BCUT2D eigenvalue weighted by Gasteiger charge is 2.25. The van der Waals surface area contributed by atoms with Gasteiger partial charge in [0.25, 0.3) is 5.91 Å². The van der Waals surface area contributed by atoms with Crippen molar-refractivity contribution in [3.63, 3.8) is 0 Å². The number of primary amides is 1. The average molecular weight is 314 g/mol. The number of nitrogens with one attached hydrogen (secondary N) is 1. The quantitative estimate of drug-likeness (QED) is 0.730. The summed E-state index contributed by atoms with van der Waals surface area (Å²) < 4.78 is 0.760. The third-order valence-corrected chi connectivity index (χ3v) is 3.11. The Kier molecular flexibility index (Phi) is 4.34. The van der Waals surface area contributed by atoms with E-state index in [0.717, 1.165) is 4.47 Å². The summed E-state index contributed by atoms with van der Waals surface area (Å²) in [4.78, 5) is 23.1. The van der Waals surface area contributed by atoms with Crippen LogP contribution in [-0.2, 0) is 4.79 Å². The van der Waals surface area contributed by atoms with Crippen LogP contribution in [0.4, 0.5) is 5.69 Å². The molecule has 0 aliphatic heterocycles. The van der Waals surface area contributed by atoms with Crippen LogP contribution in [0.1, 0.15) is 24.2 Å². The Morgan fingerprint density at radius 2 is 2.00 bits per heavy atom. The summed E-state index contributed by atoms with van der Waals surface area (Å²) in [5.41, 5.74) is 10.9. The molecule has 5 N–H and O–H groups in total. The van der Waals surface area contributed by atoms with Crippen molar-refractivity contribution in [2.24, 2.45) is 11.1 Å². The normalized spacial score (nSPS) is 11.1. The first-order valence-corrected chi connectivity index (χ1v) is 6.16. The highest BCUT2D eigenvalue weighted by atomic mass is 79.9. The predicted molar refractivity (Wildman–Crippen MR) is 73.9 cm³/mol. The third kappa shape index (κ3) is 3.46. The van der Waals surface area contributed by atoms with Crippen LogP contribution in [0.2, 0.25) is 0 Å². The number of anilines is 1. The number of nitrogen functional groups attached to an aromatic ring is 1. The van der Waals surface area contributed by atoms with Crippen molar-refractivity contribution in [1.82, 2.24) is 5.32 Å². The van der Waals surface area contributed by atoms with E-state index in [4.69, 9.17) is 11.5 Å². The Bertz CT molecular complexity index is 486. The molecule has 1 rings (SSSR count). The maximum Gasteiger partial charge on any atom is 0.253 e. The van der Waals surface area contributed by atoms with Crippen LogP contribution >= 0.6 is 15.9 Å². The molecule has 0 fully saturated rings. The van der Waals surface area contributed by atoms with Gasteiger partial charge < -0.3 is 16.8 Å². The van der Waals surface area contributed by atoms with E-state index >= 15 is 0 Å². The van der Waals surface area contributed by atoms with E-state index in [1.54, 1.807) is 32.0 Å². The zero-order chi connectivity index (χ0) is 13.9. The van der Waals surface area contributed by atoms with E-state index in [2.05, 4.69) is 21.2 Å². The van der Waals surface area contributed by atoms with Crippen molar-refractivity contribution in [2.45, 2.75) is 13.8 Å². The van der Waals surface area contributed by atoms with Crippen molar-refractivity contribution in [2.75, 3.05) is 12.3 Å². The lowest BCUT2D eigenvalue weighted by Gasteiger charge is -2.21. The van der Waals surface area contributed by atoms with Crippen molar-refractivity contribution in [3.05, 3.63) is 28.2 Å². The molecule has 0 radical (unpaired) electrons. The van der Waals surface area contributed by atoms with Crippen molar-refractivity contribution in [3.8, 4) is 0 Å². The van der Waals surface area contributed by atoms with E-state index in [-0.39, 0.29) is 12.5 Å². The molecule has 1 aromatic rings. The average Bonchev–Trinajstić information content (AvgIpc) is 2.29. The molecule has 18 heavy (non-hydrogen) atoms. The topological polar surface area (TPSA) is 98.2 Å². The van der Waals surface area contributed by atoms with Gasteiger partial charge in [0.2, 0.25) is 5.91 Å². The number of halogens is 1.